The van der Waals surface area contributed by atoms with Gasteiger partial charge in [0.1, 0.15) is 16.5 Å². The number of carbonyl (C=O) groups is 2. The van der Waals surface area contributed by atoms with Gasteiger partial charge in [-0.2, -0.15) is 5.10 Å². The number of nitro groups is 1. The molecule has 9 nitrogen and oxygen atoms in total. The Morgan fingerprint density at radius 3 is 2.55 bits per heavy atom. The van der Waals surface area contributed by atoms with Crippen LogP contribution in [0.15, 0.2) is 64.1 Å². The van der Waals surface area contributed by atoms with Gasteiger partial charge in [0.15, 0.2) is 0 Å². The highest BCUT2D eigenvalue weighted by Gasteiger charge is 2.16. The van der Waals surface area contributed by atoms with Gasteiger partial charge in [0.25, 0.3) is 11.6 Å². The van der Waals surface area contributed by atoms with Crippen molar-refractivity contribution in [2.75, 3.05) is 6.61 Å². The monoisotopic (exact) mass is 441 g/mol. The van der Waals surface area contributed by atoms with Crippen molar-refractivity contribution in [1.82, 2.24) is 5.43 Å². The van der Waals surface area contributed by atoms with Gasteiger partial charge in [-0.1, -0.05) is 23.7 Å². The lowest BCUT2D eigenvalue weighted by atomic mass is 10.1. The summed E-state index contributed by atoms with van der Waals surface area (Å²) in [5.41, 5.74) is 3.11. The molecule has 0 fully saturated rings. The molecule has 0 atom stereocenters. The first-order valence-electron chi connectivity index (χ1n) is 9.03. The number of nitro benzene ring substituents is 1. The molecule has 0 aliphatic heterocycles. The maximum absolute atomic E-state index is 12.1. The molecule has 1 N–H and O–H groups in total. The minimum Gasteiger partial charge on any atom is -0.462 e. The minimum absolute atomic E-state index is 0.0371. The zero-order chi connectivity index (χ0) is 22.4. The number of esters is 1. The molecule has 1 heterocycles. The van der Waals surface area contributed by atoms with Crippen LogP contribution in [-0.4, -0.2) is 29.6 Å². The van der Waals surface area contributed by atoms with E-state index in [2.05, 4.69) is 10.5 Å². The van der Waals surface area contributed by atoms with Crippen LogP contribution in [-0.2, 0) is 4.74 Å². The molecule has 31 heavy (non-hydrogen) atoms. The van der Waals surface area contributed by atoms with Gasteiger partial charge in [0.2, 0.25) is 0 Å². The molecule has 0 radical (unpaired) electrons. The lowest BCUT2D eigenvalue weighted by Crippen LogP contribution is -2.17. The van der Waals surface area contributed by atoms with E-state index in [9.17, 15) is 19.7 Å². The highest BCUT2D eigenvalue weighted by Crippen LogP contribution is 2.25. The fraction of sp³-hybridized carbons (Fsp3) is 0.0952. The minimum atomic E-state index is -0.675. The first-order chi connectivity index (χ1) is 14.9. The second-order valence-corrected chi connectivity index (χ2v) is 6.53. The molecule has 0 spiro atoms. The summed E-state index contributed by atoms with van der Waals surface area (Å²) in [6.45, 7) is 2.03. The first kappa shape index (κ1) is 21.7. The van der Waals surface area contributed by atoms with Crippen LogP contribution < -0.4 is 5.43 Å². The van der Waals surface area contributed by atoms with Gasteiger partial charge >= 0.3 is 5.97 Å². The van der Waals surface area contributed by atoms with E-state index in [1.807, 2.05) is 0 Å². The number of hydrazone groups is 1. The summed E-state index contributed by atoms with van der Waals surface area (Å²) in [7, 11) is 0. The standard InChI is InChI=1S/C21H16ClN3O6/c1-2-30-21(27)14-5-3-13(4-6-14)19-10-8-16(31-19)12-23-24-20(26)15-7-9-17(22)18(11-15)25(28)29/h3-12H,2H2,1H3,(H,24,26)/b23-12-. The highest BCUT2D eigenvalue weighted by atomic mass is 35.5. The van der Waals surface area contributed by atoms with Crippen LogP contribution in [0.5, 0.6) is 0 Å². The summed E-state index contributed by atoms with van der Waals surface area (Å²) < 4.78 is 10.6. The molecule has 0 unspecified atom stereocenters. The Hall–Kier alpha value is -3.98. The van der Waals surface area contributed by atoms with Crippen LogP contribution in [0.25, 0.3) is 11.3 Å². The zero-order valence-corrected chi connectivity index (χ0v) is 17.0. The van der Waals surface area contributed by atoms with E-state index in [0.29, 0.717) is 23.7 Å². The van der Waals surface area contributed by atoms with E-state index in [1.54, 1.807) is 43.3 Å². The Morgan fingerprint density at radius 2 is 1.87 bits per heavy atom. The molecular weight excluding hydrogens is 426 g/mol. The van der Waals surface area contributed by atoms with Crippen molar-refractivity contribution < 1.29 is 23.7 Å². The lowest BCUT2D eigenvalue weighted by molar-refractivity contribution is -0.384. The summed E-state index contributed by atoms with van der Waals surface area (Å²) in [6.07, 6.45) is 1.29. The molecule has 1 aromatic heterocycles. The van der Waals surface area contributed by atoms with Gasteiger partial charge in [-0.15, -0.1) is 0 Å². The third-order valence-corrected chi connectivity index (χ3v) is 4.39. The molecule has 0 bridgehead atoms. The molecule has 0 saturated heterocycles. The lowest BCUT2D eigenvalue weighted by Gasteiger charge is -2.02. The van der Waals surface area contributed by atoms with Crippen molar-refractivity contribution in [3.8, 4) is 11.3 Å². The number of hydrogen-bond donors (Lipinski definition) is 1. The van der Waals surface area contributed by atoms with Gasteiger partial charge in [-0.05, 0) is 43.3 Å². The summed E-state index contributed by atoms with van der Waals surface area (Å²) in [5, 5.41) is 14.7. The van der Waals surface area contributed by atoms with Crippen LogP contribution >= 0.6 is 11.6 Å². The Morgan fingerprint density at radius 1 is 1.16 bits per heavy atom. The van der Waals surface area contributed by atoms with Crippen molar-refractivity contribution in [2.24, 2.45) is 5.10 Å². The predicted octanol–water partition coefficient (Wildman–Crippen LogP) is 4.45. The maximum atomic E-state index is 12.1. The zero-order valence-electron chi connectivity index (χ0n) is 16.2. The van der Waals surface area contributed by atoms with Gasteiger partial charge in [0.05, 0.1) is 23.3 Å². The number of benzene rings is 2. The number of amides is 1. The Kier molecular flexibility index (Phi) is 6.78. The summed E-state index contributed by atoms with van der Waals surface area (Å²) in [4.78, 5) is 34.1. The van der Waals surface area contributed by atoms with E-state index < -0.39 is 16.8 Å². The molecule has 2 aromatic carbocycles. The van der Waals surface area contributed by atoms with E-state index >= 15 is 0 Å². The molecule has 0 saturated carbocycles. The topological polar surface area (TPSA) is 124 Å². The number of nitrogens with one attached hydrogen (secondary N) is 1. The molecule has 0 aliphatic carbocycles. The van der Waals surface area contributed by atoms with Crippen molar-refractivity contribution in [3.05, 3.63) is 86.6 Å². The predicted molar refractivity (Wildman–Crippen MR) is 113 cm³/mol. The largest absolute Gasteiger partial charge is 0.462 e. The number of carbonyl (C=O) groups excluding carboxylic acids is 2. The highest BCUT2D eigenvalue weighted by molar-refractivity contribution is 6.32. The first-order valence-corrected chi connectivity index (χ1v) is 9.41. The fourth-order valence-corrected chi connectivity index (χ4v) is 2.76. The number of halogens is 1. The number of rotatable bonds is 7. The molecule has 3 aromatic rings. The molecular formula is C21H16ClN3O6. The van der Waals surface area contributed by atoms with Crippen molar-refractivity contribution in [1.29, 1.82) is 0 Å². The molecule has 158 valence electrons. The molecule has 10 heteroatoms. The second kappa shape index (κ2) is 9.68. The molecule has 0 aliphatic rings. The summed E-state index contributed by atoms with van der Waals surface area (Å²) >= 11 is 5.73. The normalized spacial score (nSPS) is 10.8. The van der Waals surface area contributed by atoms with E-state index in [0.717, 1.165) is 11.6 Å². The van der Waals surface area contributed by atoms with Gasteiger partial charge in [-0.3, -0.25) is 14.9 Å². The fourth-order valence-electron chi connectivity index (χ4n) is 2.58. The molecule has 3 rings (SSSR count). The quantitative estimate of drug-likeness (QED) is 0.250. The van der Waals surface area contributed by atoms with Crippen LogP contribution in [0.1, 0.15) is 33.4 Å². The average molecular weight is 442 g/mol. The number of furan rings is 1. The summed E-state index contributed by atoms with van der Waals surface area (Å²) in [5.74, 6) is -0.135. The number of ether oxygens (including phenoxy) is 1. The molecule has 1 amide bonds. The van der Waals surface area contributed by atoms with Gasteiger partial charge in [-0.25, -0.2) is 10.2 Å². The Bertz CT molecular complexity index is 1150. The van der Waals surface area contributed by atoms with Crippen molar-refractivity contribution >= 4 is 35.4 Å². The third-order valence-electron chi connectivity index (χ3n) is 4.07. The Balaban J connectivity index is 1.64. The van der Waals surface area contributed by atoms with Gasteiger partial charge < -0.3 is 9.15 Å². The van der Waals surface area contributed by atoms with Crippen LogP contribution in [0, 0.1) is 10.1 Å². The Labute approximate surface area is 181 Å². The van der Waals surface area contributed by atoms with Crippen LogP contribution in [0.4, 0.5) is 5.69 Å². The average Bonchev–Trinajstić information content (AvgIpc) is 3.23. The second-order valence-electron chi connectivity index (χ2n) is 6.12. The SMILES string of the molecule is CCOC(=O)c1ccc(-c2ccc(/C=N\NC(=O)c3ccc(Cl)c([N+](=O)[O-])c3)o2)cc1. The van der Waals surface area contributed by atoms with Crippen LogP contribution in [0.3, 0.4) is 0 Å². The number of hydrogen-bond acceptors (Lipinski definition) is 7. The third kappa shape index (κ3) is 5.34. The summed E-state index contributed by atoms with van der Waals surface area (Å²) in [6, 6.07) is 13.8. The number of nitrogens with zero attached hydrogens (tertiary/aromatic N) is 2. The maximum Gasteiger partial charge on any atom is 0.338 e. The van der Waals surface area contributed by atoms with E-state index in [-0.39, 0.29) is 16.3 Å². The van der Waals surface area contributed by atoms with Crippen LogP contribution in [0.2, 0.25) is 5.02 Å². The van der Waals surface area contributed by atoms with Gasteiger partial charge in [0, 0.05) is 17.2 Å². The van der Waals surface area contributed by atoms with Crippen molar-refractivity contribution in [3.63, 3.8) is 0 Å². The smallest absolute Gasteiger partial charge is 0.338 e. The van der Waals surface area contributed by atoms with E-state index in [4.69, 9.17) is 20.8 Å². The van der Waals surface area contributed by atoms with E-state index in [1.165, 1.54) is 18.3 Å². The van der Waals surface area contributed by atoms with Crippen molar-refractivity contribution in [2.45, 2.75) is 6.92 Å².